The Labute approximate surface area is 59.9 Å². The van der Waals surface area contributed by atoms with E-state index in [0.29, 0.717) is 12.5 Å². The first-order valence-electron chi connectivity index (χ1n) is 3.71. The lowest BCUT2D eigenvalue weighted by molar-refractivity contribution is -0.141. The third kappa shape index (κ3) is 0.753. The highest BCUT2D eigenvalue weighted by atomic mass is 16.5. The number of allylic oxidation sites excluding steroid dienone is 1. The molecule has 0 aromatic carbocycles. The van der Waals surface area contributed by atoms with Crippen LogP contribution in [0.4, 0.5) is 0 Å². The average Bonchev–Trinajstić information content (AvgIpc) is 2.34. The molecule has 2 rings (SSSR count). The van der Waals surface area contributed by atoms with Crippen molar-refractivity contribution in [3.05, 3.63) is 12.2 Å². The minimum absolute atomic E-state index is 0.00866. The van der Waals surface area contributed by atoms with Gasteiger partial charge in [-0.15, -0.1) is 0 Å². The van der Waals surface area contributed by atoms with Gasteiger partial charge in [0.1, 0.15) is 0 Å². The highest BCUT2D eigenvalue weighted by Crippen LogP contribution is 2.30. The smallest absolute Gasteiger partial charge is 0.309 e. The van der Waals surface area contributed by atoms with Gasteiger partial charge in [0.25, 0.3) is 0 Å². The molecule has 1 heterocycles. The second kappa shape index (κ2) is 2.11. The molecule has 2 nitrogen and oxygen atoms in total. The summed E-state index contributed by atoms with van der Waals surface area (Å²) in [6.45, 7) is 0.611. The molecule has 0 N–H and O–H groups in total. The number of cyclic esters (lactones) is 1. The van der Waals surface area contributed by atoms with Gasteiger partial charge in [0.05, 0.1) is 12.5 Å². The molecule has 10 heavy (non-hydrogen) atoms. The molecule has 1 aliphatic carbocycles. The standard InChI is InChI=1S/C8H10O2/c9-8-7-4-2-1-3-6(7)5-10-8/h1,3,6-7H,2,4-5H2/t6-,7?/m1/s1. The number of carbonyl (C=O) groups excluding carboxylic acids is 1. The van der Waals surface area contributed by atoms with E-state index in [1.54, 1.807) is 0 Å². The van der Waals surface area contributed by atoms with E-state index >= 15 is 0 Å². The first-order valence-corrected chi connectivity index (χ1v) is 3.71. The number of rotatable bonds is 0. The molecule has 0 radical (unpaired) electrons. The fraction of sp³-hybridized carbons (Fsp3) is 0.625. The van der Waals surface area contributed by atoms with Crippen LogP contribution in [0.1, 0.15) is 12.8 Å². The highest BCUT2D eigenvalue weighted by Gasteiger charge is 2.35. The molecule has 0 aromatic heterocycles. The SMILES string of the molecule is O=C1OC[C@H]2C=CCCC12. The van der Waals surface area contributed by atoms with Gasteiger partial charge >= 0.3 is 5.97 Å². The van der Waals surface area contributed by atoms with Crippen LogP contribution < -0.4 is 0 Å². The Balaban J connectivity index is 2.19. The van der Waals surface area contributed by atoms with Gasteiger partial charge < -0.3 is 4.74 Å². The molecule has 0 aromatic rings. The van der Waals surface area contributed by atoms with Crippen LogP contribution in [0.25, 0.3) is 0 Å². The van der Waals surface area contributed by atoms with E-state index in [2.05, 4.69) is 12.2 Å². The third-order valence-electron chi connectivity index (χ3n) is 2.27. The maximum Gasteiger partial charge on any atom is 0.309 e. The van der Waals surface area contributed by atoms with E-state index in [1.807, 2.05) is 0 Å². The van der Waals surface area contributed by atoms with Gasteiger partial charge in [0, 0.05) is 5.92 Å². The van der Waals surface area contributed by atoms with Crippen LogP contribution in [0.5, 0.6) is 0 Å². The minimum Gasteiger partial charge on any atom is -0.465 e. The summed E-state index contributed by atoms with van der Waals surface area (Å²) < 4.78 is 4.91. The second-order valence-corrected chi connectivity index (χ2v) is 2.91. The van der Waals surface area contributed by atoms with Crippen molar-refractivity contribution in [2.24, 2.45) is 11.8 Å². The fourth-order valence-electron chi connectivity index (χ4n) is 1.64. The van der Waals surface area contributed by atoms with E-state index in [4.69, 9.17) is 4.74 Å². The van der Waals surface area contributed by atoms with Crippen LogP contribution in [0.15, 0.2) is 12.2 Å². The number of hydrogen-bond donors (Lipinski definition) is 0. The lowest BCUT2D eigenvalue weighted by Gasteiger charge is -2.13. The van der Waals surface area contributed by atoms with E-state index in [1.165, 1.54) is 0 Å². The molecule has 0 saturated carbocycles. The van der Waals surface area contributed by atoms with Crippen LogP contribution in [-0.2, 0) is 9.53 Å². The first kappa shape index (κ1) is 5.96. The zero-order valence-electron chi connectivity index (χ0n) is 5.75. The number of carbonyl (C=O) groups is 1. The zero-order chi connectivity index (χ0) is 6.97. The first-order chi connectivity index (χ1) is 4.88. The van der Waals surface area contributed by atoms with Crippen molar-refractivity contribution >= 4 is 5.97 Å². The molecule has 2 heteroatoms. The molecular formula is C8H10O2. The predicted molar refractivity (Wildman–Crippen MR) is 36.3 cm³/mol. The minimum atomic E-state index is 0.00866. The van der Waals surface area contributed by atoms with E-state index in [9.17, 15) is 4.79 Å². The van der Waals surface area contributed by atoms with Gasteiger partial charge in [0.15, 0.2) is 0 Å². The summed E-state index contributed by atoms with van der Waals surface area (Å²) in [5.41, 5.74) is 0. The maximum absolute atomic E-state index is 11.0. The summed E-state index contributed by atoms with van der Waals surface area (Å²) in [4.78, 5) is 11.0. The fourth-order valence-corrected chi connectivity index (χ4v) is 1.64. The quantitative estimate of drug-likeness (QED) is 0.370. The summed E-state index contributed by atoms with van der Waals surface area (Å²) in [6.07, 6.45) is 6.28. The Morgan fingerprint density at radius 3 is 3.30 bits per heavy atom. The van der Waals surface area contributed by atoms with Crippen molar-refractivity contribution in [1.82, 2.24) is 0 Å². The Morgan fingerprint density at radius 2 is 2.50 bits per heavy atom. The lowest BCUT2D eigenvalue weighted by Crippen LogP contribution is -2.16. The Morgan fingerprint density at radius 1 is 1.60 bits per heavy atom. The van der Waals surface area contributed by atoms with Crippen molar-refractivity contribution in [1.29, 1.82) is 0 Å². The summed E-state index contributed by atoms with van der Waals surface area (Å²) in [6, 6.07) is 0. The highest BCUT2D eigenvalue weighted by molar-refractivity contribution is 5.75. The van der Waals surface area contributed by atoms with Gasteiger partial charge in [0.2, 0.25) is 0 Å². The molecule has 1 aliphatic heterocycles. The molecule has 54 valence electrons. The summed E-state index contributed by atoms with van der Waals surface area (Å²) in [7, 11) is 0. The van der Waals surface area contributed by atoms with Gasteiger partial charge in [-0.1, -0.05) is 12.2 Å². The summed E-state index contributed by atoms with van der Waals surface area (Å²) in [5.74, 6) is 0.584. The van der Waals surface area contributed by atoms with Crippen LogP contribution in [-0.4, -0.2) is 12.6 Å². The van der Waals surface area contributed by atoms with Gasteiger partial charge in [-0.25, -0.2) is 0 Å². The van der Waals surface area contributed by atoms with Crippen LogP contribution >= 0.6 is 0 Å². The molecular weight excluding hydrogens is 128 g/mol. The topological polar surface area (TPSA) is 26.3 Å². The normalized spacial score (nSPS) is 37.4. The van der Waals surface area contributed by atoms with Crippen LogP contribution in [0.3, 0.4) is 0 Å². The number of hydrogen-bond acceptors (Lipinski definition) is 2. The van der Waals surface area contributed by atoms with Crippen molar-refractivity contribution in [2.75, 3.05) is 6.61 Å². The largest absolute Gasteiger partial charge is 0.465 e. The molecule has 2 atom stereocenters. The van der Waals surface area contributed by atoms with Crippen LogP contribution in [0.2, 0.25) is 0 Å². The molecule has 0 spiro atoms. The van der Waals surface area contributed by atoms with Crippen molar-refractivity contribution in [2.45, 2.75) is 12.8 Å². The van der Waals surface area contributed by atoms with Gasteiger partial charge in [-0.3, -0.25) is 4.79 Å². The monoisotopic (exact) mass is 138 g/mol. The second-order valence-electron chi connectivity index (χ2n) is 2.91. The van der Waals surface area contributed by atoms with Crippen molar-refractivity contribution in [3.8, 4) is 0 Å². The Bertz CT molecular complexity index is 184. The Hall–Kier alpha value is -0.790. The molecule has 1 unspecified atom stereocenters. The molecule has 1 fully saturated rings. The van der Waals surface area contributed by atoms with E-state index in [-0.39, 0.29) is 11.9 Å². The number of ether oxygens (including phenoxy) is 1. The van der Waals surface area contributed by atoms with E-state index < -0.39 is 0 Å². The zero-order valence-corrected chi connectivity index (χ0v) is 5.75. The molecule has 0 amide bonds. The van der Waals surface area contributed by atoms with Crippen molar-refractivity contribution < 1.29 is 9.53 Å². The molecule has 0 bridgehead atoms. The Kier molecular flexibility index (Phi) is 1.26. The number of esters is 1. The van der Waals surface area contributed by atoms with E-state index in [0.717, 1.165) is 12.8 Å². The summed E-state index contributed by atoms with van der Waals surface area (Å²) in [5, 5.41) is 0. The maximum atomic E-state index is 11.0. The van der Waals surface area contributed by atoms with Gasteiger partial charge in [-0.05, 0) is 12.8 Å². The molecule has 2 aliphatic rings. The third-order valence-corrected chi connectivity index (χ3v) is 2.27. The lowest BCUT2D eigenvalue weighted by atomic mass is 9.87. The predicted octanol–water partition coefficient (Wildman–Crippen LogP) is 1.13. The number of fused-ring (bicyclic) bond motifs is 1. The molecule has 1 saturated heterocycles. The van der Waals surface area contributed by atoms with Gasteiger partial charge in [-0.2, -0.15) is 0 Å². The summed E-state index contributed by atoms with van der Waals surface area (Å²) >= 11 is 0. The van der Waals surface area contributed by atoms with Crippen molar-refractivity contribution in [3.63, 3.8) is 0 Å². The van der Waals surface area contributed by atoms with Crippen LogP contribution in [0, 0.1) is 11.8 Å². The average molecular weight is 138 g/mol.